The maximum Gasteiger partial charge on any atom is 0.0336 e. The third-order valence-electron chi connectivity index (χ3n) is 2.99. The van der Waals surface area contributed by atoms with Gasteiger partial charge < -0.3 is 5.73 Å². The van der Waals surface area contributed by atoms with Crippen LogP contribution in [-0.2, 0) is 6.42 Å². The molecule has 94 valence electrons. The van der Waals surface area contributed by atoms with Crippen LogP contribution < -0.4 is 5.73 Å². The van der Waals surface area contributed by atoms with E-state index in [0.717, 1.165) is 10.9 Å². The summed E-state index contributed by atoms with van der Waals surface area (Å²) in [5, 5.41) is 0. The van der Waals surface area contributed by atoms with E-state index in [-0.39, 0.29) is 6.04 Å². The molecule has 0 saturated heterocycles. The van der Waals surface area contributed by atoms with E-state index in [9.17, 15) is 0 Å². The molecular weight excluding hydrogens is 401 g/mol. The van der Waals surface area contributed by atoms with Crippen molar-refractivity contribution in [2.24, 2.45) is 5.73 Å². The minimum Gasteiger partial charge on any atom is -0.324 e. The van der Waals surface area contributed by atoms with Gasteiger partial charge in [-0.3, -0.25) is 0 Å². The maximum atomic E-state index is 6.26. The SMILES string of the molecule is Cc1ccc(C(N)Cc2ccc(I)cc2)cc1Br. The van der Waals surface area contributed by atoms with Crippen LogP contribution in [0.1, 0.15) is 22.7 Å². The van der Waals surface area contributed by atoms with Crippen molar-refractivity contribution >= 4 is 38.5 Å². The summed E-state index contributed by atoms with van der Waals surface area (Å²) >= 11 is 5.86. The van der Waals surface area contributed by atoms with Gasteiger partial charge in [0, 0.05) is 14.1 Å². The summed E-state index contributed by atoms with van der Waals surface area (Å²) in [5.74, 6) is 0. The Labute approximate surface area is 130 Å². The Hall–Kier alpha value is -0.390. The van der Waals surface area contributed by atoms with Gasteiger partial charge in [-0.2, -0.15) is 0 Å². The van der Waals surface area contributed by atoms with Crippen molar-refractivity contribution in [3.8, 4) is 0 Å². The zero-order valence-electron chi connectivity index (χ0n) is 10.2. The quantitative estimate of drug-likeness (QED) is 0.728. The van der Waals surface area contributed by atoms with Gasteiger partial charge in [-0.25, -0.2) is 0 Å². The van der Waals surface area contributed by atoms with Gasteiger partial charge in [-0.05, 0) is 70.8 Å². The fourth-order valence-corrected chi connectivity index (χ4v) is 2.59. The molecule has 0 radical (unpaired) electrons. The highest BCUT2D eigenvalue weighted by Crippen LogP contribution is 2.23. The van der Waals surface area contributed by atoms with Crippen LogP contribution in [0, 0.1) is 10.5 Å². The van der Waals surface area contributed by atoms with Crippen molar-refractivity contribution in [1.82, 2.24) is 0 Å². The second kappa shape index (κ2) is 6.17. The van der Waals surface area contributed by atoms with E-state index in [1.54, 1.807) is 0 Å². The van der Waals surface area contributed by atoms with Gasteiger partial charge in [0.15, 0.2) is 0 Å². The monoisotopic (exact) mass is 415 g/mol. The number of nitrogens with two attached hydrogens (primary N) is 1. The van der Waals surface area contributed by atoms with E-state index < -0.39 is 0 Å². The molecule has 0 spiro atoms. The van der Waals surface area contributed by atoms with Crippen LogP contribution in [0.4, 0.5) is 0 Å². The lowest BCUT2D eigenvalue weighted by Crippen LogP contribution is -2.13. The summed E-state index contributed by atoms with van der Waals surface area (Å²) in [4.78, 5) is 0. The van der Waals surface area contributed by atoms with Crippen LogP contribution in [0.5, 0.6) is 0 Å². The van der Waals surface area contributed by atoms with Crippen LogP contribution in [0.2, 0.25) is 0 Å². The highest BCUT2D eigenvalue weighted by molar-refractivity contribution is 14.1. The standard InChI is InChI=1S/C15H15BrIN/c1-10-2-5-12(9-14(10)16)15(18)8-11-3-6-13(17)7-4-11/h2-7,9,15H,8,18H2,1H3. The Bertz CT molecular complexity index is 537. The molecule has 1 nitrogen and oxygen atoms in total. The lowest BCUT2D eigenvalue weighted by molar-refractivity contribution is 0.721. The molecule has 0 fully saturated rings. The summed E-state index contributed by atoms with van der Waals surface area (Å²) < 4.78 is 2.38. The lowest BCUT2D eigenvalue weighted by atomic mass is 9.99. The molecule has 0 bridgehead atoms. The minimum absolute atomic E-state index is 0.0435. The summed E-state index contributed by atoms with van der Waals surface area (Å²) in [7, 11) is 0. The average Bonchev–Trinajstić information content (AvgIpc) is 2.35. The van der Waals surface area contributed by atoms with Gasteiger partial charge in [0.1, 0.15) is 0 Å². The number of benzene rings is 2. The predicted octanol–water partition coefficient (Wildman–Crippen LogP) is 4.60. The fourth-order valence-electron chi connectivity index (χ4n) is 1.83. The first-order valence-corrected chi connectivity index (χ1v) is 7.69. The van der Waals surface area contributed by atoms with Gasteiger partial charge in [-0.15, -0.1) is 0 Å². The van der Waals surface area contributed by atoms with Gasteiger partial charge in [0.05, 0.1) is 0 Å². The highest BCUT2D eigenvalue weighted by atomic mass is 127. The molecule has 0 aliphatic rings. The molecule has 0 aromatic heterocycles. The van der Waals surface area contributed by atoms with Crippen molar-refractivity contribution in [3.63, 3.8) is 0 Å². The third-order valence-corrected chi connectivity index (χ3v) is 4.57. The van der Waals surface area contributed by atoms with Crippen molar-refractivity contribution < 1.29 is 0 Å². The summed E-state index contributed by atoms with van der Waals surface area (Å²) in [5.41, 5.74) is 9.95. The number of hydrogen-bond acceptors (Lipinski definition) is 1. The Balaban J connectivity index is 2.13. The Morgan fingerprint density at radius 3 is 2.44 bits per heavy atom. The molecular formula is C15H15BrIN. The first-order valence-electron chi connectivity index (χ1n) is 5.82. The normalized spacial score (nSPS) is 12.4. The van der Waals surface area contributed by atoms with E-state index in [0.29, 0.717) is 0 Å². The van der Waals surface area contributed by atoms with Gasteiger partial charge in [0.25, 0.3) is 0 Å². The van der Waals surface area contributed by atoms with E-state index >= 15 is 0 Å². The van der Waals surface area contributed by atoms with Crippen LogP contribution in [-0.4, -0.2) is 0 Å². The molecule has 1 unspecified atom stereocenters. The van der Waals surface area contributed by atoms with E-state index in [1.165, 1.54) is 20.3 Å². The summed E-state index contributed by atoms with van der Waals surface area (Å²) in [6.07, 6.45) is 0.867. The Kier molecular flexibility index (Phi) is 4.81. The lowest BCUT2D eigenvalue weighted by Gasteiger charge is -2.13. The topological polar surface area (TPSA) is 26.0 Å². The van der Waals surface area contributed by atoms with Crippen LogP contribution >= 0.6 is 38.5 Å². The second-order valence-electron chi connectivity index (χ2n) is 4.45. The molecule has 0 amide bonds. The first kappa shape index (κ1) is 14.0. The second-order valence-corrected chi connectivity index (χ2v) is 6.55. The average molecular weight is 416 g/mol. The van der Waals surface area contributed by atoms with E-state index in [4.69, 9.17) is 5.73 Å². The molecule has 0 heterocycles. The molecule has 2 aromatic carbocycles. The van der Waals surface area contributed by atoms with Crippen molar-refractivity contribution in [2.45, 2.75) is 19.4 Å². The highest BCUT2D eigenvalue weighted by Gasteiger charge is 2.08. The smallest absolute Gasteiger partial charge is 0.0336 e. The number of rotatable bonds is 3. The number of aryl methyl sites for hydroxylation is 1. The van der Waals surface area contributed by atoms with Crippen LogP contribution in [0.25, 0.3) is 0 Å². The third kappa shape index (κ3) is 3.56. The van der Waals surface area contributed by atoms with E-state index in [1.807, 2.05) is 0 Å². The van der Waals surface area contributed by atoms with Gasteiger partial charge in [0.2, 0.25) is 0 Å². The molecule has 2 rings (SSSR count). The van der Waals surface area contributed by atoms with Crippen LogP contribution in [0.15, 0.2) is 46.9 Å². The summed E-state index contributed by atoms with van der Waals surface area (Å²) in [6.45, 7) is 2.08. The van der Waals surface area contributed by atoms with Crippen LogP contribution in [0.3, 0.4) is 0 Å². The molecule has 3 heteroatoms. The first-order chi connectivity index (χ1) is 8.56. The predicted molar refractivity (Wildman–Crippen MR) is 88.7 cm³/mol. The van der Waals surface area contributed by atoms with Gasteiger partial charge in [-0.1, -0.05) is 40.2 Å². The molecule has 0 saturated carbocycles. The largest absolute Gasteiger partial charge is 0.324 e. The number of halogens is 2. The molecule has 0 aliphatic carbocycles. The molecule has 18 heavy (non-hydrogen) atoms. The molecule has 1 atom stereocenters. The maximum absolute atomic E-state index is 6.26. The molecule has 0 aliphatic heterocycles. The molecule has 2 aromatic rings. The molecule has 2 N–H and O–H groups in total. The van der Waals surface area contributed by atoms with E-state index in [2.05, 4.69) is 87.9 Å². The van der Waals surface area contributed by atoms with Crippen molar-refractivity contribution in [1.29, 1.82) is 0 Å². The van der Waals surface area contributed by atoms with Gasteiger partial charge >= 0.3 is 0 Å². The number of hydrogen-bond donors (Lipinski definition) is 1. The van der Waals surface area contributed by atoms with Crippen molar-refractivity contribution in [2.75, 3.05) is 0 Å². The summed E-state index contributed by atoms with van der Waals surface area (Å²) in [6, 6.07) is 14.9. The Morgan fingerprint density at radius 1 is 1.17 bits per heavy atom. The minimum atomic E-state index is 0.0435. The van der Waals surface area contributed by atoms with Crippen molar-refractivity contribution in [3.05, 3.63) is 67.2 Å². The zero-order valence-corrected chi connectivity index (χ0v) is 13.9. The Morgan fingerprint density at radius 2 is 1.83 bits per heavy atom. The fraction of sp³-hybridized carbons (Fsp3) is 0.200. The zero-order chi connectivity index (χ0) is 13.1.